The number of para-hydroxylation sites is 2. The van der Waals surface area contributed by atoms with Gasteiger partial charge in [-0.15, -0.1) is 0 Å². The Kier molecular flexibility index (Phi) is 5.38. The van der Waals surface area contributed by atoms with Gasteiger partial charge in [0.2, 0.25) is 16.0 Å². The molecule has 0 unspecified atom stereocenters. The summed E-state index contributed by atoms with van der Waals surface area (Å²) in [5, 5.41) is 2.74. The smallest absolute Gasteiger partial charge is 0.258 e. The van der Waals surface area contributed by atoms with Crippen LogP contribution < -0.4 is 5.32 Å². The van der Waals surface area contributed by atoms with Gasteiger partial charge in [0.25, 0.3) is 5.91 Å². The molecule has 0 atom stereocenters. The number of aromatic amines is 1. The lowest BCUT2D eigenvalue weighted by Crippen LogP contribution is -2.38. The number of nitrogens with zero attached hydrogens (tertiary/aromatic N) is 2. The number of aryl methyl sites for hydroxylation is 1. The minimum Gasteiger partial charge on any atom is -0.324 e. The van der Waals surface area contributed by atoms with Gasteiger partial charge >= 0.3 is 0 Å². The van der Waals surface area contributed by atoms with Crippen molar-refractivity contribution in [2.45, 2.75) is 38.5 Å². The van der Waals surface area contributed by atoms with Gasteiger partial charge in [-0.1, -0.05) is 19.1 Å². The number of rotatable bonds is 4. The number of carbonyl (C=O) groups excluding carboxylic acids is 1. The van der Waals surface area contributed by atoms with Crippen molar-refractivity contribution >= 4 is 32.9 Å². The maximum Gasteiger partial charge on any atom is 0.258 e. The molecule has 3 aromatic rings. The van der Waals surface area contributed by atoms with E-state index in [2.05, 4.69) is 22.2 Å². The van der Waals surface area contributed by atoms with E-state index in [1.54, 1.807) is 13.0 Å². The molecule has 1 amide bonds. The number of aromatic nitrogens is 2. The molecule has 1 saturated heterocycles. The molecule has 2 aromatic carbocycles. The normalized spacial score (nSPS) is 16.1. The van der Waals surface area contributed by atoms with Crippen LogP contribution in [0.2, 0.25) is 0 Å². The zero-order chi connectivity index (χ0) is 21.5. The van der Waals surface area contributed by atoms with Crippen molar-refractivity contribution in [1.29, 1.82) is 0 Å². The molecular weight excluding hydrogens is 400 g/mol. The quantitative estimate of drug-likeness (QED) is 0.662. The SMILES string of the molecule is Cc1cc(C(=O)Nc2nc3ccccc3[nH]2)cc(S(=O)(=O)N2CCC(C)CC2)c1C. The van der Waals surface area contributed by atoms with Crippen molar-refractivity contribution < 1.29 is 13.2 Å². The number of carbonyl (C=O) groups is 1. The summed E-state index contributed by atoms with van der Waals surface area (Å²) < 4.78 is 28.1. The summed E-state index contributed by atoms with van der Waals surface area (Å²) in [5.74, 6) is 0.454. The average Bonchev–Trinajstić information content (AvgIpc) is 3.12. The van der Waals surface area contributed by atoms with Crippen molar-refractivity contribution in [3.63, 3.8) is 0 Å². The molecule has 4 rings (SSSR count). The lowest BCUT2D eigenvalue weighted by molar-refractivity contribution is 0.102. The molecule has 1 aliphatic rings. The molecular formula is C22H26N4O3S. The number of piperidine rings is 1. The van der Waals surface area contributed by atoms with Gasteiger partial charge in [0, 0.05) is 18.7 Å². The van der Waals surface area contributed by atoms with Gasteiger partial charge in [0.1, 0.15) is 0 Å². The number of hydrogen-bond donors (Lipinski definition) is 2. The summed E-state index contributed by atoms with van der Waals surface area (Å²) in [6, 6.07) is 10.7. The Bertz CT molecular complexity index is 1180. The van der Waals surface area contributed by atoms with E-state index in [-0.39, 0.29) is 4.90 Å². The Balaban J connectivity index is 1.64. The van der Waals surface area contributed by atoms with Crippen molar-refractivity contribution in [1.82, 2.24) is 14.3 Å². The highest BCUT2D eigenvalue weighted by atomic mass is 32.2. The number of nitrogens with one attached hydrogen (secondary N) is 2. The van der Waals surface area contributed by atoms with E-state index < -0.39 is 15.9 Å². The lowest BCUT2D eigenvalue weighted by Gasteiger charge is -2.30. The summed E-state index contributed by atoms with van der Waals surface area (Å²) in [4.78, 5) is 20.5. The Morgan fingerprint density at radius 1 is 1.17 bits per heavy atom. The van der Waals surface area contributed by atoms with E-state index in [1.165, 1.54) is 10.4 Å². The Morgan fingerprint density at radius 3 is 2.57 bits per heavy atom. The number of imidazole rings is 1. The monoisotopic (exact) mass is 426 g/mol. The first-order valence-electron chi connectivity index (χ1n) is 10.1. The maximum atomic E-state index is 13.3. The molecule has 8 heteroatoms. The van der Waals surface area contributed by atoms with Gasteiger partial charge in [0.05, 0.1) is 15.9 Å². The number of amides is 1. The van der Waals surface area contributed by atoms with Gasteiger partial charge in [-0.25, -0.2) is 13.4 Å². The number of anilines is 1. The Labute approximate surface area is 176 Å². The molecule has 0 radical (unpaired) electrons. The van der Waals surface area contributed by atoms with E-state index in [0.717, 1.165) is 29.4 Å². The highest BCUT2D eigenvalue weighted by Gasteiger charge is 2.30. The third-order valence-electron chi connectivity index (χ3n) is 5.86. The molecule has 30 heavy (non-hydrogen) atoms. The van der Waals surface area contributed by atoms with Crippen LogP contribution in [0.3, 0.4) is 0 Å². The first-order valence-corrected chi connectivity index (χ1v) is 11.6. The van der Waals surface area contributed by atoms with Crippen LogP contribution in [0.4, 0.5) is 5.95 Å². The summed E-state index contributed by atoms with van der Waals surface area (Å²) in [5.41, 5.74) is 3.29. The molecule has 0 saturated carbocycles. The van der Waals surface area contributed by atoms with Gasteiger partial charge in [-0.05, 0) is 68.0 Å². The van der Waals surface area contributed by atoms with Crippen LogP contribution in [0.15, 0.2) is 41.3 Å². The van der Waals surface area contributed by atoms with Gasteiger partial charge < -0.3 is 4.98 Å². The highest BCUT2D eigenvalue weighted by molar-refractivity contribution is 7.89. The molecule has 1 fully saturated rings. The van der Waals surface area contributed by atoms with Crippen molar-refractivity contribution in [2.24, 2.45) is 5.92 Å². The highest BCUT2D eigenvalue weighted by Crippen LogP contribution is 2.28. The zero-order valence-corrected chi connectivity index (χ0v) is 18.2. The van der Waals surface area contributed by atoms with Crippen molar-refractivity contribution in [3.05, 3.63) is 53.1 Å². The van der Waals surface area contributed by atoms with Crippen LogP contribution in [-0.4, -0.2) is 41.7 Å². The van der Waals surface area contributed by atoms with E-state index in [1.807, 2.05) is 31.2 Å². The topological polar surface area (TPSA) is 95.2 Å². The lowest BCUT2D eigenvalue weighted by atomic mass is 10.0. The minimum absolute atomic E-state index is 0.201. The molecule has 7 nitrogen and oxygen atoms in total. The maximum absolute atomic E-state index is 13.3. The molecule has 158 valence electrons. The predicted octanol–water partition coefficient (Wildman–Crippen LogP) is 3.85. The van der Waals surface area contributed by atoms with E-state index in [9.17, 15) is 13.2 Å². The fourth-order valence-corrected chi connectivity index (χ4v) is 5.58. The third-order valence-corrected chi connectivity index (χ3v) is 7.89. The first kappa shape index (κ1) is 20.6. The number of sulfonamides is 1. The standard InChI is InChI=1S/C22H26N4O3S/c1-14-8-10-26(11-9-14)30(28,29)20-13-17(12-15(2)16(20)3)21(27)25-22-23-18-6-4-5-7-19(18)24-22/h4-7,12-14H,8-11H2,1-3H3,(H2,23,24,25,27). The van der Waals surface area contributed by atoms with Crippen molar-refractivity contribution in [2.75, 3.05) is 18.4 Å². The van der Waals surface area contributed by atoms with Crippen LogP contribution >= 0.6 is 0 Å². The second-order valence-corrected chi connectivity index (χ2v) is 9.97. The summed E-state index contributed by atoms with van der Waals surface area (Å²) in [7, 11) is -3.66. The second-order valence-electron chi connectivity index (χ2n) is 8.06. The fraction of sp³-hybridized carbons (Fsp3) is 0.364. The van der Waals surface area contributed by atoms with E-state index in [0.29, 0.717) is 36.1 Å². The first-order chi connectivity index (χ1) is 14.3. The minimum atomic E-state index is -3.66. The summed E-state index contributed by atoms with van der Waals surface area (Å²) >= 11 is 0. The van der Waals surface area contributed by atoms with Gasteiger partial charge in [0.15, 0.2) is 0 Å². The summed E-state index contributed by atoms with van der Waals surface area (Å²) in [6.45, 7) is 6.78. The van der Waals surface area contributed by atoms with Gasteiger partial charge in [-0.3, -0.25) is 10.1 Å². The van der Waals surface area contributed by atoms with Crippen molar-refractivity contribution in [3.8, 4) is 0 Å². The second kappa shape index (κ2) is 7.85. The number of hydrogen-bond acceptors (Lipinski definition) is 4. The molecule has 2 N–H and O–H groups in total. The van der Waals surface area contributed by atoms with Crippen LogP contribution in [0.1, 0.15) is 41.3 Å². The molecule has 1 aliphatic heterocycles. The van der Waals surface area contributed by atoms with Crippen LogP contribution in [0, 0.1) is 19.8 Å². The molecule has 0 bridgehead atoms. The number of H-pyrrole nitrogens is 1. The van der Waals surface area contributed by atoms with E-state index >= 15 is 0 Å². The molecule has 0 aliphatic carbocycles. The zero-order valence-electron chi connectivity index (χ0n) is 17.4. The van der Waals surface area contributed by atoms with Gasteiger partial charge in [-0.2, -0.15) is 4.31 Å². The predicted molar refractivity (Wildman–Crippen MR) is 117 cm³/mol. The third kappa shape index (κ3) is 3.85. The largest absolute Gasteiger partial charge is 0.324 e. The molecule has 0 spiro atoms. The van der Waals surface area contributed by atoms with Crippen LogP contribution in [0.5, 0.6) is 0 Å². The number of benzene rings is 2. The molecule has 2 heterocycles. The van der Waals surface area contributed by atoms with Crippen LogP contribution in [0.25, 0.3) is 11.0 Å². The van der Waals surface area contributed by atoms with E-state index in [4.69, 9.17) is 0 Å². The number of fused-ring (bicyclic) bond motifs is 1. The van der Waals surface area contributed by atoms with Crippen LogP contribution in [-0.2, 0) is 10.0 Å². The Hall–Kier alpha value is -2.71. The summed E-state index contributed by atoms with van der Waals surface area (Å²) in [6.07, 6.45) is 1.70. The molecule has 1 aromatic heterocycles. The Morgan fingerprint density at radius 2 is 1.87 bits per heavy atom. The average molecular weight is 427 g/mol. The fourth-order valence-electron chi connectivity index (χ4n) is 3.78.